The van der Waals surface area contributed by atoms with Crippen molar-refractivity contribution in [3.05, 3.63) is 10.4 Å². The maximum atomic E-state index is 11.8. The van der Waals surface area contributed by atoms with E-state index in [-0.39, 0.29) is 17.1 Å². The highest BCUT2D eigenvalue weighted by atomic mass is 16.6. The van der Waals surface area contributed by atoms with Gasteiger partial charge in [-0.15, -0.1) is 0 Å². The Morgan fingerprint density at radius 3 is 2.71 bits per heavy atom. The van der Waals surface area contributed by atoms with Crippen LogP contribution < -0.4 is 17.0 Å². The molecule has 1 aliphatic heterocycles. The van der Waals surface area contributed by atoms with E-state index in [1.807, 2.05) is 0 Å². The van der Waals surface area contributed by atoms with Gasteiger partial charge in [-0.05, 0) is 0 Å². The lowest BCUT2D eigenvalue weighted by atomic mass is 10.1. The number of nitrogens with zero attached hydrogens (tertiary/aromatic N) is 3. The number of nitrogens with one attached hydrogen (secondary N) is 1. The van der Waals surface area contributed by atoms with Crippen LogP contribution in [0.4, 0.5) is 5.95 Å². The van der Waals surface area contributed by atoms with Crippen LogP contribution in [0.5, 0.6) is 0 Å². The Balaban J connectivity index is 2.17. The molecule has 4 atom stereocenters. The number of H-pyrrole nitrogens is 1. The summed E-state index contributed by atoms with van der Waals surface area (Å²) < 4.78 is 6.81. The smallest absolute Gasteiger partial charge is 0.280 e. The molecule has 0 bridgehead atoms. The van der Waals surface area contributed by atoms with Gasteiger partial charge < -0.3 is 25.8 Å². The van der Waals surface area contributed by atoms with E-state index in [9.17, 15) is 15.0 Å². The van der Waals surface area contributed by atoms with Gasteiger partial charge in [0.05, 0.1) is 12.3 Å². The molecule has 3 rings (SSSR count). The second-order valence-corrected chi connectivity index (χ2v) is 4.88. The van der Waals surface area contributed by atoms with Crippen LogP contribution in [0.15, 0.2) is 4.79 Å². The minimum atomic E-state index is -1.29. The van der Waals surface area contributed by atoms with Crippen molar-refractivity contribution in [1.29, 1.82) is 0 Å². The number of rotatable bonds is 2. The van der Waals surface area contributed by atoms with Crippen molar-refractivity contribution in [2.45, 2.75) is 24.5 Å². The third-order valence-corrected chi connectivity index (χ3v) is 3.52. The van der Waals surface area contributed by atoms with E-state index in [0.29, 0.717) is 5.72 Å². The highest BCUT2D eigenvalue weighted by molar-refractivity contribution is 6.30. The van der Waals surface area contributed by atoms with Gasteiger partial charge in [0.25, 0.3) is 5.56 Å². The third-order valence-electron chi connectivity index (χ3n) is 3.52. The van der Waals surface area contributed by atoms with Crippen LogP contribution in [0.1, 0.15) is 6.23 Å². The van der Waals surface area contributed by atoms with E-state index in [2.05, 4.69) is 15.0 Å². The lowest BCUT2D eigenvalue weighted by Gasteiger charge is -2.18. The molecule has 3 heterocycles. The van der Waals surface area contributed by atoms with Gasteiger partial charge in [0.2, 0.25) is 5.95 Å². The van der Waals surface area contributed by atoms with E-state index in [0.717, 1.165) is 0 Å². The summed E-state index contributed by atoms with van der Waals surface area (Å²) >= 11 is 0. The Morgan fingerprint density at radius 1 is 1.38 bits per heavy atom. The van der Waals surface area contributed by atoms with Crippen molar-refractivity contribution in [3.63, 3.8) is 0 Å². The molecule has 10 nitrogen and oxygen atoms in total. The van der Waals surface area contributed by atoms with Crippen molar-refractivity contribution in [2.24, 2.45) is 0 Å². The first kappa shape index (κ1) is 14.0. The molecule has 21 heavy (non-hydrogen) atoms. The first-order valence-corrected chi connectivity index (χ1v) is 6.30. The number of anilines is 1. The normalized spacial score (nSPS) is 29.3. The number of nitrogen functional groups attached to an aromatic ring is 1. The maximum absolute atomic E-state index is 11.8. The Kier molecular flexibility index (Phi) is 3.21. The Labute approximate surface area is 118 Å². The monoisotopic (exact) mass is 295 g/mol. The second kappa shape index (κ2) is 4.81. The Hall–Kier alpha value is -1.95. The highest BCUT2D eigenvalue weighted by Crippen LogP contribution is 2.30. The van der Waals surface area contributed by atoms with Gasteiger partial charge in [-0.2, -0.15) is 4.98 Å². The average molecular weight is 295 g/mol. The molecule has 1 aliphatic rings. The van der Waals surface area contributed by atoms with E-state index in [1.165, 1.54) is 4.57 Å². The number of aliphatic hydroxyl groups is 3. The van der Waals surface area contributed by atoms with E-state index < -0.39 is 36.7 Å². The zero-order valence-corrected chi connectivity index (χ0v) is 11.1. The molecule has 0 saturated carbocycles. The maximum Gasteiger partial charge on any atom is 0.280 e. The van der Waals surface area contributed by atoms with Gasteiger partial charge in [0.15, 0.2) is 25.2 Å². The molecule has 1 fully saturated rings. The molecule has 2 aromatic heterocycles. The predicted molar refractivity (Wildman–Crippen MR) is 73.7 cm³/mol. The molecule has 2 aromatic rings. The summed E-state index contributed by atoms with van der Waals surface area (Å²) in [5.41, 5.74) is 5.57. The number of hydrogen-bond acceptors (Lipinski definition) is 8. The van der Waals surface area contributed by atoms with Gasteiger partial charge in [0, 0.05) is 0 Å². The minimum Gasteiger partial charge on any atom is -0.394 e. The number of nitrogens with two attached hydrogens (primary N) is 1. The first-order chi connectivity index (χ1) is 9.93. The molecule has 11 heteroatoms. The lowest BCUT2D eigenvalue weighted by molar-refractivity contribution is -0.0497. The van der Waals surface area contributed by atoms with Crippen LogP contribution in [0.2, 0.25) is 0 Å². The van der Waals surface area contributed by atoms with Crippen LogP contribution >= 0.6 is 0 Å². The first-order valence-electron chi connectivity index (χ1n) is 6.30. The fraction of sp³-hybridized carbons (Fsp3) is 0.500. The molecule has 0 aliphatic carbocycles. The van der Waals surface area contributed by atoms with Gasteiger partial charge >= 0.3 is 0 Å². The number of imidazole rings is 1. The second-order valence-electron chi connectivity index (χ2n) is 4.88. The molecule has 0 radical (unpaired) electrons. The topological polar surface area (TPSA) is 160 Å². The summed E-state index contributed by atoms with van der Waals surface area (Å²) in [7, 11) is 1.60. The Morgan fingerprint density at radius 2 is 2.10 bits per heavy atom. The Bertz CT molecular complexity index is 745. The van der Waals surface area contributed by atoms with Crippen LogP contribution in [0.3, 0.4) is 0 Å². The summed E-state index contributed by atoms with van der Waals surface area (Å²) in [6, 6.07) is 0. The van der Waals surface area contributed by atoms with E-state index in [1.54, 1.807) is 7.85 Å². The zero-order chi connectivity index (χ0) is 15.3. The SMILES string of the molecule is Bc1nc2c(=O)[nH]c(N)nc2n1[C@@H]1O[C@H](CO)[C@@H](O)[C@H]1O. The molecule has 0 aromatic carbocycles. The summed E-state index contributed by atoms with van der Waals surface area (Å²) in [6.45, 7) is -0.448. The number of aromatic amines is 1. The van der Waals surface area contributed by atoms with Gasteiger partial charge in [-0.25, -0.2) is 4.98 Å². The molecular weight excluding hydrogens is 281 g/mol. The number of aromatic nitrogens is 4. The van der Waals surface area contributed by atoms with Crippen LogP contribution in [-0.2, 0) is 4.74 Å². The molecule has 6 N–H and O–H groups in total. The minimum absolute atomic E-state index is 0.0550. The van der Waals surface area contributed by atoms with Crippen molar-refractivity contribution >= 4 is 30.7 Å². The fourth-order valence-electron chi connectivity index (χ4n) is 2.51. The molecular formula is C10H14BN5O5. The lowest BCUT2D eigenvalue weighted by Crippen LogP contribution is -2.35. The summed E-state index contributed by atoms with van der Waals surface area (Å²) in [5.74, 6) is -0.0969. The standard InChI is InChI=1S/C10H14BN5O5/c11-9-13-3-6(14-10(12)15-7(3)20)16(9)8-5(19)4(18)2(1-17)21-8/h2,4-5,8,17-19H,1,11H2,(H3,12,14,15,20)/t2-,4-,5-,8-/m1/s1. The van der Waals surface area contributed by atoms with Gasteiger partial charge in [-0.1, -0.05) is 0 Å². The molecule has 0 unspecified atom stereocenters. The quantitative estimate of drug-likeness (QED) is 0.347. The predicted octanol–water partition coefficient (Wildman–Crippen LogP) is -4.43. The van der Waals surface area contributed by atoms with Crippen molar-refractivity contribution in [2.75, 3.05) is 12.3 Å². The van der Waals surface area contributed by atoms with E-state index >= 15 is 0 Å². The molecule has 0 amide bonds. The zero-order valence-electron chi connectivity index (χ0n) is 11.1. The number of fused-ring (bicyclic) bond motifs is 1. The van der Waals surface area contributed by atoms with Crippen molar-refractivity contribution in [1.82, 2.24) is 19.5 Å². The molecule has 1 saturated heterocycles. The van der Waals surface area contributed by atoms with Crippen LogP contribution in [-0.4, -0.2) is 67.6 Å². The van der Waals surface area contributed by atoms with Gasteiger partial charge in [0.1, 0.15) is 18.3 Å². The van der Waals surface area contributed by atoms with Gasteiger partial charge in [-0.3, -0.25) is 14.3 Å². The van der Waals surface area contributed by atoms with Crippen LogP contribution in [0.25, 0.3) is 11.2 Å². The number of aliphatic hydroxyl groups excluding tert-OH is 3. The molecule has 0 spiro atoms. The fourth-order valence-corrected chi connectivity index (χ4v) is 2.51. The summed E-state index contributed by atoms with van der Waals surface area (Å²) in [4.78, 5) is 22.2. The highest BCUT2D eigenvalue weighted by Gasteiger charge is 2.44. The number of hydrogen-bond donors (Lipinski definition) is 5. The average Bonchev–Trinajstić information content (AvgIpc) is 2.89. The van der Waals surface area contributed by atoms with Crippen molar-refractivity contribution in [3.8, 4) is 0 Å². The summed E-state index contributed by atoms with van der Waals surface area (Å²) in [5, 5.41) is 29.0. The number of ether oxygens (including phenoxy) is 1. The van der Waals surface area contributed by atoms with E-state index in [4.69, 9.17) is 15.6 Å². The van der Waals surface area contributed by atoms with Crippen molar-refractivity contribution < 1.29 is 20.1 Å². The molecule has 112 valence electrons. The summed E-state index contributed by atoms with van der Waals surface area (Å²) in [6.07, 6.45) is -4.49. The largest absolute Gasteiger partial charge is 0.394 e. The third kappa shape index (κ3) is 2.02. The van der Waals surface area contributed by atoms with Crippen LogP contribution in [0, 0.1) is 0 Å².